The summed E-state index contributed by atoms with van der Waals surface area (Å²) in [5.74, 6) is 1.20. The van der Waals surface area contributed by atoms with Gasteiger partial charge in [0.05, 0.1) is 11.0 Å². The van der Waals surface area contributed by atoms with E-state index in [1.165, 1.54) is 0 Å². The van der Waals surface area contributed by atoms with Gasteiger partial charge in [-0.25, -0.2) is 14.8 Å². The number of alkyl carbamates (subject to hydrolysis) is 1. The zero-order valence-corrected chi connectivity index (χ0v) is 17.5. The summed E-state index contributed by atoms with van der Waals surface area (Å²) >= 11 is 0. The molecule has 0 bridgehead atoms. The Balaban J connectivity index is 1.85. The molecule has 8 nitrogen and oxygen atoms in total. The van der Waals surface area contributed by atoms with Crippen LogP contribution in [0.1, 0.15) is 39.9 Å². The predicted molar refractivity (Wildman–Crippen MR) is 114 cm³/mol. The van der Waals surface area contributed by atoms with E-state index in [9.17, 15) is 4.79 Å². The first-order valence-electron chi connectivity index (χ1n) is 9.88. The van der Waals surface area contributed by atoms with E-state index in [0.29, 0.717) is 44.1 Å². The molecular weight excluding hydrogens is 370 g/mol. The Morgan fingerprint density at radius 1 is 1.24 bits per heavy atom. The summed E-state index contributed by atoms with van der Waals surface area (Å²) in [5, 5.41) is 3.79. The third-order valence-electron chi connectivity index (χ3n) is 4.35. The number of amides is 1. The molecule has 2 heterocycles. The maximum atomic E-state index is 11.9. The molecule has 0 saturated heterocycles. The summed E-state index contributed by atoms with van der Waals surface area (Å²) in [5.41, 5.74) is 8.12. The highest BCUT2D eigenvalue weighted by Crippen LogP contribution is 2.29. The highest BCUT2D eigenvalue weighted by molar-refractivity contribution is 6.06. The van der Waals surface area contributed by atoms with Crippen molar-refractivity contribution in [3.63, 3.8) is 0 Å². The molecule has 0 spiro atoms. The van der Waals surface area contributed by atoms with Crippen LogP contribution in [0.4, 0.5) is 10.6 Å². The summed E-state index contributed by atoms with van der Waals surface area (Å²) in [7, 11) is 0. The molecule has 0 aliphatic heterocycles. The molecule has 3 aromatic rings. The third-order valence-corrected chi connectivity index (χ3v) is 4.35. The minimum atomic E-state index is -0.515. The molecule has 0 aliphatic rings. The van der Waals surface area contributed by atoms with Crippen LogP contribution in [0.25, 0.3) is 21.9 Å². The molecule has 0 unspecified atom stereocenters. The van der Waals surface area contributed by atoms with Crippen LogP contribution in [0.3, 0.4) is 0 Å². The monoisotopic (exact) mass is 399 g/mol. The van der Waals surface area contributed by atoms with Gasteiger partial charge in [0.15, 0.2) is 5.82 Å². The zero-order valence-electron chi connectivity index (χ0n) is 17.5. The van der Waals surface area contributed by atoms with E-state index in [1.54, 1.807) is 0 Å². The molecule has 156 valence electrons. The highest BCUT2D eigenvalue weighted by Gasteiger charge is 2.18. The predicted octanol–water partition coefficient (Wildman–Crippen LogP) is 3.62. The van der Waals surface area contributed by atoms with Crippen LogP contribution in [0.2, 0.25) is 0 Å². The molecule has 3 rings (SSSR count). The quantitative estimate of drug-likeness (QED) is 0.588. The molecular formula is C21H29N5O3. The van der Waals surface area contributed by atoms with Crippen LogP contribution in [0.5, 0.6) is 0 Å². The first-order chi connectivity index (χ1) is 13.8. The lowest BCUT2D eigenvalue weighted by Crippen LogP contribution is -2.33. The van der Waals surface area contributed by atoms with Crippen molar-refractivity contribution in [1.29, 1.82) is 0 Å². The SMILES string of the molecule is CCOCc1nc2c(N)nc3ccccc3c2n1CCCNC(=O)OC(C)(C)C. The van der Waals surface area contributed by atoms with Gasteiger partial charge in [-0.3, -0.25) is 0 Å². The Hall–Kier alpha value is -2.87. The summed E-state index contributed by atoms with van der Waals surface area (Å²) in [6, 6.07) is 7.87. The minimum Gasteiger partial charge on any atom is -0.444 e. The van der Waals surface area contributed by atoms with Crippen molar-refractivity contribution in [3.8, 4) is 0 Å². The lowest BCUT2D eigenvalue weighted by atomic mass is 10.2. The first-order valence-corrected chi connectivity index (χ1v) is 9.88. The second-order valence-electron chi connectivity index (χ2n) is 7.81. The molecule has 8 heteroatoms. The zero-order chi connectivity index (χ0) is 21.0. The normalized spacial score (nSPS) is 11.9. The molecule has 29 heavy (non-hydrogen) atoms. The number of benzene rings is 1. The van der Waals surface area contributed by atoms with Crippen LogP contribution in [-0.4, -0.2) is 39.4 Å². The maximum Gasteiger partial charge on any atom is 0.407 e. The molecule has 1 amide bonds. The number of carbonyl (C=O) groups excluding carboxylic acids is 1. The van der Waals surface area contributed by atoms with Crippen LogP contribution < -0.4 is 11.1 Å². The fraction of sp³-hybridized carbons (Fsp3) is 0.476. The van der Waals surface area contributed by atoms with Crippen LogP contribution in [0.15, 0.2) is 24.3 Å². The molecule has 1 aromatic carbocycles. The summed E-state index contributed by atoms with van der Waals surface area (Å²) in [6.45, 7) is 9.60. The van der Waals surface area contributed by atoms with Crippen molar-refractivity contribution >= 4 is 33.8 Å². The van der Waals surface area contributed by atoms with Crippen molar-refractivity contribution in [2.75, 3.05) is 18.9 Å². The number of pyridine rings is 1. The Labute approximate surface area is 170 Å². The number of nitrogens with zero attached hydrogens (tertiary/aromatic N) is 3. The van der Waals surface area contributed by atoms with Gasteiger partial charge < -0.3 is 25.1 Å². The number of nitrogen functional groups attached to an aromatic ring is 1. The van der Waals surface area contributed by atoms with Crippen molar-refractivity contribution in [2.24, 2.45) is 0 Å². The number of aryl methyl sites for hydroxylation is 1. The van der Waals surface area contributed by atoms with Crippen molar-refractivity contribution in [3.05, 3.63) is 30.1 Å². The molecule has 2 aromatic heterocycles. The van der Waals surface area contributed by atoms with E-state index in [2.05, 4.69) is 14.9 Å². The van der Waals surface area contributed by atoms with Crippen molar-refractivity contribution in [2.45, 2.75) is 52.9 Å². The topological polar surface area (TPSA) is 104 Å². The molecule has 0 saturated carbocycles. The van der Waals surface area contributed by atoms with E-state index in [-0.39, 0.29) is 0 Å². The van der Waals surface area contributed by atoms with Gasteiger partial charge in [0.25, 0.3) is 0 Å². The van der Waals surface area contributed by atoms with Crippen molar-refractivity contribution in [1.82, 2.24) is 19.9 Å². The molecule has 0 fully saturated rings. The molecule has 0 aliphatic carbocycles. The summed E-state index contributed by atoms with van der Waals surface area (Å²) < 4.78 is 13.0. The van der Waals surface area contributed by atoms with Gasteiger partial charge in [-0.15, -0.1) is 0 Å². The van der Waals surface area contributed by atoms with Gasteiger partial charge in [-0.1, -0.05) is 18.2 Å². The number of hydrogen-bond donors (Lipinski definition) is 2. The number of para-hydroxylation sites is 1. The fourth-order valence-corrected chi connectivity index (χ4v) is 3.19. The Kier molecular flexibility index (Phi) is 6.22. The van der Waals surface area contributed by atoms with E-state index < -0.39 is 11.7 Å². The van der Waals surface area contributed by atoms with E-state index in [1.807, 2.05) is 52.0 Å². The average Bonchev–Trinajstić information content (AvgIpc) is 3.01. The number of aromatic nitrogens is 3. The number of ether oxygens (including phenoxy) is 2. The van der Waals surface area contributed by atoms with Gasteiger partial charge in [0.1, 0.15) is 23.5 Å². The van der Waals surface area contributed by atoms with Gasteiger partial charge >= 0.3 is 6.09 Å². The second-order valence-corrected chi connectivity index (χ2v) is 7.81. The second kappa shape index (κ2) is 8.65. The fourth-order valence-electron chi connectivity index (χ4n) is 3.19. The molecule has 3 N–H and O–H groups in total. The first kappa shape index (κ1) is 20.9. The van der Waals surface area contributed by atoms with Gasteiger partial charge in [-0.2, -0.15) is 0 Å². The maximum absolute atomic E-state index is 11.9. The largest absolute Gasteiger partial charge is 0.444 e. The van der Waals surface area contributed by atoms with Crippen molar-refractivity contribution < 1.29 is 14.3 Å². The Bertz CT molecular complexity index is 1010. The number of hydrogen-bond acceptors (Lipinski definition) is 6. The molecule has 0 radical (unpaired) electrons. The summed E-state index contributed by atoms with van der Waals surface area (Å²) in [6.07, 6.45) is 0.293. The van der Waals surface area contributed by atoms with E-state index in [0.717, 1.165) is 22.2 Å². The minimum absolute atomic E-state index is 0.387. The average molecular weight is 399 g/mol. The highest BCUT2D eigenvalue weighted by atomic mass is 16.6. The number of carbonyl (C=O) groups is 1. The number of imidazole rings is 1. The van der Waals surface area contributed by atoms with E-state index in [4.69, 9.17) is 20.2 Å². The van der Waals surface area contributed by atoms with Gasteiger partial charge in [0, 0.05) is 25.1 Å². The number of fused-ring (bicyclic) bond motifs is 3. The lowest BCUT2D eigenvalue weighted by Gasteiger charge is -2.19. The van der Waals surface area contributed by atoms with Gasteiger partial charge in [-0.05, 0) is 40.2 Å². The Morgan fingerprint density at radius 2 is 2.00 bits per heavy atom. The number of anilines is 1. The standard InChI is InChI=1S/C21H29N5O3/c1-5-28-13-16-25-17-18(14-9-6-7-10-15(14)24-19(17)22)26(16)12-8-11-23-20(27)29-21(2,3)4/h6-7,9-10H,5,8,11-13H2,1-4H3,(H2,22,24)(H,23,27). The van der Waals surface area contributed by atoms with Crippen LogP contribution >= 0.6 is 0 Å². The Morgan fingerprint density at radius 3 is 2.72 bits per heavy atom. The van der Waals surface area contributed by atoms with Crippen LogP contribution in [0, 0.1) is 0 Å². The number of nitrogens with two attached hydrogens (primary N) is 1. The van der Waals surface area contributed by atoms with Gasteiger partial charge in [0.2, 0.25) is 0 Å². The number of nitrogens with one attached hydrogen (secondary N) is 1. The van der Waals surface area contributed by atoms with E-state index >= 15 is 0 Å². The summed E-state index contributed by atoms with van der Waals surface area (Å²) in [4.78, 5) is 21.0. The molecule has 0 atom stereocenters. The number of rotatable bonds is 7. The lowest BCUT2D eigenvalue weighted by molar-refractivity contribution is 0.0526. The van der Waals surface area contributed by atoms with Crippen LogP contribution in [-0.2, 0) is 22.6 Å². The smallest absolute Gasteiger partial charge is 0.407 e. The third kappa shape index (κ3) is 4.95.